The van der Waals surface area contributed by atoms with Crippen molar-refractivity contribution in [2.45, 2.75) is 12.2 Å². The second kappa shape index (κ2) is 7.90. The van der Waals surface area contributed by atoms with Crippen LogP contribution < -0.4 is 0 Å². The van der Waals surface area contributed by atoms with E-state index in [0.29, 0.717) is 11.1 Å². The van der Waals surface area contributed by atoms with Crippen molar-refractivity contribution in [1.82, 2.24) is 0 Å². The quantitative estimate of drug-likeness (QED) is 0.688. The normalized spacial score (nSPS) is 14.4. The summed E-state index contributed by atoms with van der Waals surface area (Å²) in [7, 11) is -3.62. The standard InChI is InChI=1S/C16H16Br2O4S/c17-13-5-1-11(2-6-13)15(19)9-23(21,22)10-16(20)12-3-7-14(18)8-4-12/h1-8,15-16,19-20H,9-10H2/t15-,16-/m1/s1. The summed E-state index contributed by atoms with van der Waals surface area (Å²) in [5.41, 5.74) is 1.05. The topological polar surface area (TPSA) is 74.6 Å². The third-order valence-corrected chi connectivity index (χ3v) is 6.04. The van der Waals surface area contributed by atoms with Gasteiger partial charge in [0.1, 0.15) is 0 Å². The predicted octanol–water partition coefficient (Wildman–Crippen LogP) is 3.39. The lowest BCUT2D eigenvalue weighted by Crippen LogP contribution is -2.21. The molecule has 0 aliphatic rings. The number of rotatable bonds is 6. The van der Waals surface area contributed by atoms with Crippen molar-refractivity contribution in [3.05, 3.63) is 68.6 Å². The molecule has 2 aromatic rings. The van der Waals surface area contributed by atoms with Crippen molar-refractivity contribution in [2.75, 3.05) is 11.5 Å². The van der Waals surface area contributed by atoms with Gasteiger partial charge >= 0.3 is 0 Å². The van der Waals surface area contributed by atoms with Crippen molar-refractivity contribution in [3.63, 3.8) is 0 Å². The molecule has 2 rings (SSSR count). The molecule has 0 bridgehead atoms. The highest BCUT2D eigenvalue weighted by atomic mass is 79.9. The summed E-state index contributed by atoms with van der Waals surface area (Å²) in [5.74, 6) is -0.857. The van der Waals surface area contributed by atoms with E-state index in [1.54, 1.807) is 48.5 Å². The molecule has 0 amide bonds. The van der Waals surface area contributed by atoms with E-state index in [4.69, 9.17) is 0 Å². The van der Waals surface area contributed by atoms with E-state index in [-0.39, 0.29) is 0 Å². The van der Waals surface area contributed by atoms with Crippen molar-refractivity contribution in [3.8, 4) is 0 Å². The van der Waals surface area contributed by atoms with Crippen molar-refractivity contribution in [1.29, 1.82) is 0 Å². The van der Waals surface area contributed by atoms with Crippen LogP contribution in [-0.4, -0.2) is 30.1 Å². The number of halogens is 2. The van der Waals surface area contributed by atoms with Gasteiger partial charge in [-0.05, 0) is 35.4 Å². The van der Waals surface area contributed by atoms with Crippen LogP contribution in [0.25, 0.3) is 0 Å². The summed E-state index contributed by atoms with van der Waals surface area (Å²) < 4.78 is 26.1. The van der Waals surface area contributed by atoms with Gasteiger partial charge in [0.05, 0.1) is 23.7 Å². The summed E-state index contributed by atoms with van der Waals surface area (Å²) in [5, 5.41) is 20.2. The third-order valence-electron chi connectivity index (χ3n) is 3.33. The number of hydrogen-bond acceptors (Lipinski definition) is 4. The Balaban J connectivity index is 2.03. The van der Waals surface area contributed by atoms with Crippen molar-refractivity contribution in [2.24, 2.45) is 0 Å². The summed E-state index contributed by atoms with van der Waals surface area (Å²) in [6.45, 7) is 0. The van der Waals surface area contributed by atoms with Gasteiger partial charge in [-0.15, -0.1) is 0 Å². The Labute approximate surface area is 152 Å². The van der Waals surface area contributed by atoms with Gasteiger partial charge in [-0.2, -0.15) is 0 Å². The van der Waals surface area contributed by atoms with Crippen LogP contribution in [0.5, 0.6) is 0 Å². The summed E-state index contributed by atoms with van der Waals surface area (Å²) >= 11 is 6.57. The molecule has 0 unspecified atom stereocenters. The van der Waals surface area contributed by atoms with Crippen LogP contribution in [-0.2, 0) is 9.84 Å². The Hall–Kier alpha value is -0.730. The van der Waals surface area contributed by atoms with Gasteiger partial charge < -0.3 is 10.2 Å². The van der Waals surface area contributed by atoms with E-state index in [9.17, 15) is 18.6 Å². The summed E-state index contributed by atoms with van der Waals surface area (Å²) in [6.07, 6.45) is -2.24. The molecule has 2 atom stereocenters. The lowest BCUT2D eigenvalue weighted by Gasteiger charge is -2.15. The zero-order valence-corrected chi connectivity index (χ0v) is 16.1. The first kappa shape index (κ1) is 18.6. The minimum Gasteiger partial charge on any atom is -0.387 e. The largest absolute Gasteiger partial charge is 0.387 e. The third kappa shape index (κ3) is 5.69. The Morgan fingerprint density at radius 2 is 1.04 bits per heavy atom. The first-order valence-corrected chi connectivity index (χ1v) is 10.2. The van der Waals surface area contributed by atoms with Crippen molar-refractivity contribution < 1.29 is 18.6 Å². The molecule has 0 aliphatic carbocycles. The molecule has 7 heteroatoms. The highest BCUT2D eigenvalue weighted by molar-refractivity contribution is 9.10. The SMILES string of the molecule is O=S(=O)(C[C@@H](O)c1ccc(Br)cc1)C[C@@H](O)c1ccc(Br)cc1. The minimum absolute atomic E-state index is 0.428. The molecule has 0 aliphatic heterocycles. The maximum Gasteiger partial charge on any atom is 0.156 e. The molecule has 4 nitrogen and oxygen atoms in total. The number of sulfone groups is 1. The first-order chi connectivity index (χ1) is 10.8. The Kier molecular flexibility index (Phi) is 6.39. The van der Waals surface area contributed by atoms with E-state index >= 15 is 0 Å². The lowest BCUT2D eigenvalue weighted by atomic mass is 10.1. The van der Waals surface area contributed by atoms with Gasteiger partial charge in [-0.3, -0.25) is 0 Å². The summed E-state index contributed by atoms with van der Waals surface area (Å²) in [6, 6.07) is 13.6. The molecule has 0 saturated heterocycles. The molecular weight excluding hydrogens is 448 g/mol. The zero-order chi connectivity index (χ0) is 17.0. The highest BCUT2D eigenvalue weighted by Crippen LogP contribution is 2.22. The average Bonchev–Trinajstić information content (AvgIpc) is 2.47. The zero-order valence-electron chi connectivity index (χ0n) is 12.1. The van der Waals surface area contributed by atoms with Gasteiger partial charge in [0, 0.05) is 8.95 Å². The molecule has 124 valence electrons. The predicted molar refractivity (Wildman–Crippen MR) is 96.9 cm³/mol. The Bertz CT molecular complexity index is 683. The summed E-state index contributed by atoms with van der Waals surface area (Å²) in [4.78, 5) is 0. The molecule has 0 fully saturated rings. The molecule has 23 heavy (non-hydrogen) atoms. The van der Waals surface area contributed by atoms with Gasteiger partial charge in [0.15, 0.2) is 9.84 Å². The van der Waals surface area contributed by atoms with Crippen LogP contribution in [0.3, 0.4) is 0 Å². The van der Waals surface area contributed by atoms with E-state index in [2.05, 4.69) is 31.9 Å². The lowest BCUT2D eigenvalue weighted by molar-refractivity contribution is 0.194. The van der Waals surface area contributed by atoms with Gasteiger partial charge in [-0.1, -0.05) is 56.1 Å². The molecular formula is C16H16Br2O4S. The Morgan fingerprint density at radius 1 is 0.739 bits per heavy atom. The van der Waals surface area contributed by atoms with Crippen LogP contribution in [0.2, 0.25) is 0 Å². The molecule has 0 radical (unpaired) electrons. The van der Waals surface area contributed by atoms with E-state index in [1.165, 1.54) is 0 Å². The maximum atomic E-state index is 12.2. The number of hydrogen-bond donors (Lipinski definition) is 2. The van der Waals surface area contributed by atoms with Gasteiger partial charge in [0.25, 0.3) is 0 Å². The van der Waals surface area contributed by atoms with Crippen LogP contribution >= 0.6 is 31.9 Å². The van der Waals surface area contributed by atoms with Gasteiger partial charge in [0.2, 0.25) is 0 Å². The van der Waals surface area contributed by atoms with Gasteiger partial charge in [-0.25, -0.2) is 8.42 Å². The number of benzene rings is 2. The first-order valence-electron chi connectivity index (χ1n) is 6.84. The van der Waals surface area contributed by atoms with Crippen LogP contribution in [0.4, 0.5) is 0 Å². The second-order valence-electron chi connectivity index (χ2n) is 5.21. The van der Waals surface area contributed by atoms with Crippen LogP contribution in [0.1, 0.15) is 23.3 Å². The minimum atomic E-state index is -3.62. The smallest absolute Gasteiger partial charge is 0.156 e. The number of aliphatic hydroxyl groups excluding tert-OH is 2. The maximum absolute atomic E-state index is 12.2. The Morgan fingerprint density at radius 3 is 1.35 bits per heavy atom. The molecule has 0 saturated carbocycles. The van der Waals surface area contributed by atoms with E-state index in [1.807, 2.05) is 0 Å². The van der Waals surface area contributed by atoms with Crippen molar-refractivity contribution >= 4 is 41.7 Å². The monoisotopic (exact) mass is 462 g/mol. The van der Waals surface area contributed by atoms with Crippen LogP contribution in [0, 0.1) is 0 Å². The molecule has 2 aromatic carbocycles. The molecule has 2 N–H and O–H groups in total. The molecule has 0 heterocycles. The molecule has 0 aromatic heterocycles. The fourth-order valence-electron chi connectivity index (χ4n) is 2.11. The average molecular weight is 464 g/mol. The fourth-order valence-corrected chi connectivity index (χ4v) is 4.12. The van der Waals surface area contributed by atoms with E-state index < -0.39 is 33.6 Å². The fraction of sp³-hybridized carbons (Fsp3) is 0.250. The number of aliphatic hydroxyl groups is 2. The van der Waals surface area contributed by atoms with Crippen LogP contribution in [0.15, 0.2) is 57.5 Å². The molecule has 0 spiro atoms. The van der Waals surface area contributed by atoms with E-state index in [0.717, 1.165) is 8.95 Å². The second-order valence-corrected chi connectivity index (χ2v) is 9.20. The highest BCUT2D eigenvalue weighted by Gasteiger charge is 2.23.